The molecule has 2 aromatic rings. The predicted octanol–water partition coefficient (Wildman–Crippen LogP) is 1.95. The zero-order valence-electron chi connectivity index (χ0n) is 9.05. The van der Waals surface area contributed by atoms with E-state index in [1.165, 1.54) is 0 Å². The van der Waals surface area contributed by atoms with E-state index < -0.39 is 0 Å². The van der Waals surface area contributed by atoms with E-state index in [2.05, 4.69) is 8.75 Å². The molecule has 1 aliphatic rings. The lowest BCUT2D eigenvalue weighted by molar-refractivity contribution is 0.297. The summed E-state index contributed by atoms with van der Waals surface area (Å²) in [6.45, 7) is 1.36. The van der Waals surface area contributed by atoms with Gasteiger partial charge in [0.05, 0.1) is 24.9 Å². The van der Waals surface area contributed by atoms with Gasteiger partial charge in [0.15, 0.2) is 17.3 Å². The first-order valence-electron chi connectivity index (χ1n) is 5.32. The second kappa shape index (κ2) is 4.21. The summed E-state index contributed by atoms with van der Waals surface area (Å²) in [7, 11) is 0. The molecule has 1 aliphatic heterocycles. The summed E-state index contributed by atoms with van der Waals surface area (Å²) in [6, 6.07) is 5.70. The van der Waals surface area contributed by atoms with E-state index in [1.54, 1.807) is 0 Å². The number of ether oxygens (including phenoxy) is 2. The Morgan fingerprint density at radius 3 is 2.71 bits per heavy atom. The predicted molar refractivity (Wildman–Crippen MR) is 65.4 cm³/mol. The van der Waals surface area contributed by atoms with Crippen LogP contribution >= 0.6 is 11.7 Å². The average Bonchev–Trinajstić information content (AvgIpc) is 2.64. The van der Waals surface area contributed by atoms with E-state index in [-0.39, 0.29) is 0 Å². The molecule has 0 aliphatic carbocycles. The Labute approximate surface area is 103 Å². The van der Waals surface area contributed by atoms with Gasteiger partial charge in [-0.05, 0) is 18.2 Å². The van der Waals surface area contributed by atoms with E-state index in [9.17, 15) is 0 Å². The summed E-state index contributed by atoms with van der Waals surface area (Å²) < 4.78 is 19.3. The van der Waals surface area contributed by atoms with Crippen molar-refractivity contribution in [3.63, 3.8) is 0 Å². The largest absolute Gasteiger partial charge is 0.490 e. The van der Waals surface area contributed by atoms with Gasteiger partial charge in [0, 0.05) is 12.0 Å². The Morgan fingerprint density at radius 2 is 1.94 bits per heavy atom. The first-order valence-corrected chi connectivity index (χ1v) is 6.05. The number of anilines is 1. The van der Waals surface area contributed by atoms with Crippen LogP contribution in [0.25, 0.3) is 11.3 Å². The molecule has 0 atom stereocenters. The van der Waals surface area contributed by atoms with Gasteiger partial charge in [-0.3, -0.25) is 0 Å². The van der Waals surface area contributed by atoms with Crippen LogP contribution in [-0.2, 0) is 0 Å². The summed E-state index contributed by atoms with van der Waals surface area (Å²) in [4.78, 5) is 0. The number of nitrogens with two attached hydrogens (primary N) is 1. The van der Waals surface area contributed by atoms with Crippen molar-refractivity contribution in [2.75, 3.05) is 18.9 Å². The van der Waals surface area contributed by atoms with Crippen molar-refractivity contribution in [2.24, 2.45) is 0 Å². The number of rotatable bonds is 1. The summed E-state index contributed by atoms with van der Waals surface area (Å²) in [6.07, 6.45) is 0.893. The summed E-state index contributed by atoms with van der Waals surface area (Å²) in [5, 5.41) is 0. The Balaban J connectivity index is 2.03. The highest BCUT2D eigenvalue weighted by Gasteiger charge is 2.14. The topological polar surface area (TPSA) is 70.3 Å². The van der Waals surface area contributed by atoms with E-state index in [1.807, 2.05) is 18.2 Å². The lowest BCUT2D eigenvalue weighted by Gasteiger charge is -2.08. The minimum Gasteiger partial charge on any atom is -0.490 e. The molecule has 2 heterocycles. The third kappa shape index (κ3) is 1.91. The van der Waals surface area contributed by atoms with Crippen LogP contribution in [0.15, 0.2) is 18.2 Å². The quantitative estimate of drug-likeness (QED) is 0.836. The molecule has 0 radical (unpaired) electrons. The molecular weight excluding hydrogens is 238 g/mol. The average molecular weight is 249 g/mol. The first kappa shape index (κ1) is 10.3. The van der Waals surface area contributed by atoms with Crippen molar-refractivity contribution in [2.45, 2.75) is 6.42 Å². The van der Waals surface area contributed by atoms with Crippen LogP contribution in [-0.4, -0.2) is 22.0 Å². The molecule has 0 saturated heterocycles. The zero-order chi connectivity index (χ0) is 11.7. The van der Waals surface area contributed by atoms with Crippen molar-refractivity contribution in [3.8, 4) is 22.8 Å². The number of fused-ring (bicyclic) bond motifs is 1. The van der Waals surface area contributed by atoms with Gasteiger partial charge in [0.25, 0.3) is 0 Å². The van der Waals surface area contributed by atoms with Gasteiger partial charge in [0.2, 0.25) is 0 Å². The van der Waals surface area contributed by atoms with E-state index in [4.69, 9.17) is 15.2 Å². The van der Waals surface area contributed by atoms with Crippen LogP contribution in [0.3, 0.4) is 0 Å². The molecule has 0 bridgehead atoms. The van der Waals surface area contributed by atoms with E-state index >= 15 is 0 Å². The van der Waals surface area contributed by atoms with Crippen LogP contribution in [0.2, 0.25) is 0 Å². The summed E-state index contributed by atoms with van der Waals surface area (Å²) in [5.41, 5.74) is 7.35. The number of hydrogen-bond acceptors (Lipinski definition) is 6. The zero-order valence-corrected chi connectivity index (χ0v) is 9.87. The highest BCUT2D eigenvalue weighted by molar-refractivity contribution is 6.99. The molecule has 0 spiro atoms. The van der Waals surface area contributed by atoms with Gasteiger partial charge in [-0.15, -0.1) is 0 Å². The van der Waals surface area contributed by atoms with E-state index in [0.717, 1.165) is 35.2 Å². The molecule has 0 saturated carbocycles. The molecule has 88 valence electrons. The molecule has 1 aromatic heterocycles. The van der Waals surface area contributed by atoms with Gasteiger partial charge >= 0.3 is 0 Å². The number of nitrogen functional groups attached to an aromatic ring is 1. The fraction of sp³-hybridized carbons (Fsp3) is 0.273. The van der Waals surface area contributed by atoms with Crippen LogP contribution in [0.4, 0.5) is 5.82 Å². The minimum absolute atomic E-state index is 0.449. The number of benzene rings is 1. The normalized spacial score (nSPS) is 14.4. The van der Waals surface area contributed by atoms with Crippen LogP contribution in [0.5, 0.6) is 11.5 Å². The second-order valence-corrected chi connectivity index (χ2v) is 4.24. The molecule has 0 unspecified atom stereocenters. The third-order valence-electron chi connectivity index (χ3n) is 2.53. The Kier molecular flexibility index (Phi) is 2.56. The maximum atomic E-state index is 5.74. The molecule has 2 N–H and O–H groups in total. The molecular formula is C11H11N3O2S. The van der Waals surface area contributed by atoms with Crippen LogP contribution in [0.1, 0.15) is 6.42 Å². The van der Waals surface area contributed by atoms with Crippen molar-refractivity contribution in [1.29, 1.82) is 0 Å². The highest BCUT2D eigenvalue weighted by Crippen LogP contribution is 2.35. The van der Waals surface area contributed by atoms with Crippen LogP contribution < -0.4 is 15.2 Å². The Morgan fingerprint density at radius 1 is 1.12 bits per heavy atom. The first-order chi connectivity index (χ1) is 8.34. The standard InChI is InChI=1S/C11H11N3O2S/c12-11-10(13-17-14-11)7-2-3-8-9(6-7)16-5-1-4-15-8/h2-3,6H,1,4-5H2,(H2,12,14). The number of hydrogen-bond donors (Lipinski definition) is 1. The molecule has 0 amide bonds. The van der Waals surface area contributed by atoms with E-state index in [0.29, 0.717) is 24.7 Å². The SMILES string of the molecule is Nc1nsnc1-c1ccc2c(c1)OCCCO2. The van der Waals surface area contributed by atoms with Crippen LogP contribution in [0, 0.1) is 0 Å². The number of nitrogens with zero attached hydrogens (tertiary/aromatic N) is 2. The molecule has 17 heavy (non-hydrogen) atoms. The maximum Gasteiger partial charge on any atom is 0.165 e. The van der Waals surface area contributed by atoms with Crippen molar-refractivity contribution < 1.29 is 9.47 Å². The van der Waals surface area contributed by atoms with Gasteiger partial charge < -0.3 is 15.2 Å². The molecule has 0 fully saturated rings. The van der Waals surface area contributed by atoms with Crippen molar-refractivity contribution >= 4 is 17.5 Å². The Bertz CT molecular complexity index is 541. The smallest absolute Gasteiger partial charge is 0.165 e. The Hall–Kier alpha value is -1.82. The lowest BCUT2D eigenvalue weighted by Crippen LogP contribution is -1.97. The fourth-order valence-electron chi connectivity index (χ4n) is 1.71. The van der Waals surface area contributed by atoms with Crippen molar-refractivity contribution in [3.05, 3.63) is 18.2 Å². The van der Waals surface area contributed by atoms with Crippen molar-refractivity contribution in [1.82, 2.24) is 8.75 Å². The lowest BCUT2D eigenvalue weighted by atomic mass is 10.1. The van der Waals surface area contributed by atoms with Gasteiger partial charge in [-0.25, -0.2) is 0 Å². The monoisotopic (exact) mass is 249 g/mol. The summed E-state index contributed by atoms with van der Waals surface area (Å²) in [5.74, 6) is 1.96. The minimum atomic E-state index is 0.449. The molecule has 1 aromatic carbocycles. The maximum absolute atomic E-state index is 5.74. The fourth-order valence-corrected chi connectivity index (χ4v) is 2.20. The van der Waals surface area contributed by atoms with Gasteiger partial charge in [-0.2, -0.15) is 8.75 Å². The van der Waals surface area contributed by atoms with Gasteiger partial charge in [-0.1, -0.05) is 0 Å². The molecule has 3 rings (SSSR count). The molecule has 6 heteroatoms. The third-order valence-corrected chi connectivity index (χ3v) is 3.08. The summed E-state index contributed by atoms with van der Waals surface area (Å²) >= 11 is 1.11. The highest BCUT2D eigenvalue weighted by atomic mass is 32.1. The number of aromatic nitrogens is 2. The molecule has 5 nitrogen and oxygen atoms in total. The second-order valence-electron chi connectivity index (χ2n) is 3.71. The van der Waals surface area contributed by atoms with Gasteiger partial charge in [0.1, 0.15) is 5.69 Å².